The first-order chi connectivity index (χ1) is 12.2. The average Bonchev–Trinajstić information content (AvgIpc) is 3.27. The third kappa shape index (κ3) is 3.05. The first kappa shape index (κ1) is 15.9. The van der Waals surface area contributed by atoms with Crippen LogP contribution < -0.4 is 5.32 Å². The summed E-state index contributed by atoms with van der Waals surface area (Å²) in [7, 11) is 0. The number of carbonyl (C=O) groups excluding carboxylic acids is 1. The van der Waals surface area contributed by atoms with Crippen molar-refractivity contribution in [1.29, 1.82) is 0 Å². The maximum atomic E-state index is 13.1. The lowest BCUT2D eigenvalue weighted by atomic mass is 9.95. The van der Waals surface area contributed by atoms with Gasteiger partial charge in [0, 0.05) is 12.4 Å². The zero-order chi connectivity index (χ0) is 17.3. The summed E-state index contributed by atoms with van der Waals surface area (Å²) in [6.07, 6.45) is 4.85. The molecule has 4 rings (SSSR count). The van der Waals surface area contributed by atoms with E-state index in [9.17, 15) is 9.18 Å². The maximum Gasteiger partial charge on any atom is 0.230 e. The van der Waals surface area contributed by atoms with Crippen LogP contribution in [0.4, 0.5) is 4.39 Å². The van der Waals surface area contributed by atoms with Crippen LogP contribution >= 0.6 is 11.3 Å². The van der Waals surface area contributed by atoms with Crippen molar-refractivity contribution >= 4 is 17.2 Å². The number of benzene rings is 1. The second-order valence-corrected chi connectivity index (χ2v) is 7.05. The molecule has 1 aliphatic rings. The van der Waals surface area contributed by atoms with E-state index < -0.39 is 5.41 Å². The molecule has 1 fully saturated rings. The highest BCUT2D eigenvalue weighted by Gasteiger charge is 2.51. The van der Waals surface area contributed by atoms with Gasteiger partial charge < -0.3 is 5.32 Å². The Morgan fingerprint density at radius 2 is 1.92 bits per heavy atom. The van der Waals surface area contributed by atoms with E-state index in [1.807, 2.05) is 17.5 Å². The minimum atomic E-state index is -0.529. The van der Waals surface area contributed by atoms with Crippen molar-refractivity contribution in [2.45, 2.75) is 24.8 Å². The number of halogens is 1. The maximum absolute atomic E-state index is 13.1. The van der Waals surface area contributed by atoms with Crippen LogP contribution in [0.3, 0.4) is 0 Å². The minimum absolute atomic E-state index is 0.0399. The smallest absolute Gasteiger partial charge is 0.230 e. The van der Waals surface area contributed by atoms with Gasteiger partial charge in [0.15, 0.2) is 0 Å². The number of carbonyl (C=O) groups is 1. The summed E-state index contributed by atoms with van der Waals surface area (Å²) >= 11 is 1.59. The topological polar surface area (TPSA) is 54.9 Å². The van der Waals surface area contributed by atoms with Crippen molar-refractivity contribution in [3.8, 4) is 10.6 Å². The van der Waals surface area contributed by atoms with Gasteiger partial charge >= 0.3 is 0 Å². The van der Waals surface area contributed by atoms with Gasteiger partial charge in [0.2, 0.25) is 5.91 Å². The molecule has 0 aliphatic heterocycles. The second kappa shape index (κ2) is 6.37. The van der Waals surface area contributed by atoms with Gasteiger partial charge in [-0.05, 0) is 42.0 Å². The lowest BCUT2D eigenvalue weighted by Gasteiger charge is -2.16. The SMILES string of the molecule is O=C(NCc1nccnc1-c1cccs1)C1(c2ccc(F)cc2)CC1. The molecule has 1 saturated carbocycles. The molecule has 2 aromatic heterocycles. The van der Waals surface area contributed by atoms with Crippen molar-refractivity contribution in [2.75, 3.05) is 0 Å². The van der Waals surface area contributed by atoms with Crippen LogP contribution in [0.2, 0.25) is 0 Å². The number of hydrogen-bond acceptors (Lipinski definition) is 4. The minimum Gasteiger partial charge on any atom is -0.350 e. The van der Waals surface area contributed by atoms with Gasteiger partial charge in [-0.15, -0.1) is 11.3 Å². The molecular formula is C19H16FN3OS. The van der Waals surface area contributed by atoms with Crippen molar-refractivity contribution < 1.29 is 9.18 Å². The molecule has 1 amide bonds. The largest absolute Gasteiger partial charge is 0.350 e. The number of nitrogens with zero attached hydrogens (tertiary/aromatic N) is 2. The molecule has 0 bridgehead atoms. The lowest BCUT2D eigenvalue weighted by Crippen LogP contribution is -2.34. The van der Waals surface area contributed by atoms with Crippen LogP contribution in [0, 0.1) is 5.82 Å². The molecule has 25 heavy (non-hydrogen) atoms. The van der Waals surface area contributed by atoms with E-state index in [0.29, 0.717) is 6.54 Å². The standard InChI is InChI=1S/C19H16FN3OS/c20-14-5-3-13(4-6-14)19(7-8-19)18(24)23-12-15-17(22-10-9-21-15)16-2-1-11-25-16/h1-6,9-11H,7-8,12H2,(H,23,24). The van der Waals surface area contributed by atoms with Crippen molar-refractivity contribution in [2.24, 2.45) is 0 Å². The Morgan fingerprint density at radius 3 is 2.60 bits per heavy atom. The lowest BCUT2D eigenvalue weighted by molar-refractivity contribution is -0.123. The van der Waals surface area contributed by atoms with E-state index in [1.165, 1.54) is 12.1 Å². The molecule has 6 heteroatoms. The van der Waals surface area contributed by atoms with Crippen LogP contribution in [0.5, 0.6) is 0 Å². The Balaban J connectivity index is 1.51. The quantitative estimate of drug-likeness (QED) is 0.761. The van der Waals surface area contributed by atoms with Gasteiger partial charge in [-0.25, -0.2) is 4.39 Å². The molecule has 126 valence electrons. The fourth-order valence-corrected chi connectivity index (χ4v) is 3.73. The molecule has 0 saturated heterocycles. The van der Waals surface area contributed by atoms with E-state index in [-0.39, 0.29) is 11.7 Å². The van der Waals surface area contributed by atoms with Crippen LogP contribution in [0.1, 0.15) is 24.1 Å². The third-order valence-electron chi connectivity index (χ3n) is 4.53. The van der Waals surface area contributed by atoms with E-state index in [2.05, 4.69) is 15.3 Å². The van der Waals surface area contributed by atoms with E-state index >= 15 is 0 Å². The molecule has 0 unspecified atom stereocenters. The fraction of sp³-hybridized carbons (Fsp3) is 0.211. The molecule has 0 atom stereocenters. The predicted molar refractivity (Wildman–Crippen MR) is 94.5 cm³/mol. The van der Waals surface area contributed by atoms with Gasteiger partial charge in [-0.2, -0.15) is 0 Å². The molecule has 4 nitrogen and oxygen atoms in total. The van der Waals surface area contributed by atoms with Gasteiger partial charge in [0.05, 0.1) is 22.5 Å². The number of nitrogens with one attached hydrogen (secondary N) is 1. The predicted octanol–water partition coefficient (Wildman–Crippen LogP) is 3.69. The summed E-state index contributed by atoms with van der Waals surface area (Å²) in [6, 6.07) is 10.1. The van der Waals surface area contributed by atoms with Crippen LogP contribution in [-0.4, -0.2) is 15.9 Å². The van der Waals surface area contributed by atoms with Gasteiger partial charge in [-0.3, -0.25) is 14.8 Å². The number of rotatable bonds is 5. The molecule has 0 spiro atoms. The first-order valence-corrected chi connectivity index (χ1v) is 8.95. The first-order valence-electron chi connectivity index (χ1n) is 8.07. The van der Waals surface area contributed by atoms with E-state index in [4.69, 9.17) is 0 Å². The van der Waals surface area contributed by atoms with E-state index in [0.717, 1.165) is 34.7 Å². The molecule has 1 aliphatic carbocycles. The molecule has 3 aromatic rings. The summed E-state index contributed by atoms with van der Waals surface area (Å²) < 4.78 is 13.1. The highest BCUT2D eigenvalue weighted by Crippen LogP contribution is 2.48. The van der Waals surface area contributed by atoms with E-state index in [1.54, 1.807) is 35.9 Å². The van der Waals surface area contributed by atoms with Crippen LogP contribution in [0.25, 0.3) is 10.6 Å². The summed E-state index contributed by atoms with van der Waals surface area (Å²) in [5, 5.41) is 4.97. The Bertz CT molecular complexity index is 889. The number of hydrogen-bond donors (Lipinski definition) is 1. The Morgan fingerprint density at radius 1 is 1.16 bits per heavy atom. The fourth-order valence-electron chi connectivity index (χ4n) is 2.99. The van der Waals surface area contributed by atoms with Gasteiger partial charge in [0.25, 0.3) is 0 Å². The van der Waals surface area contributed by atoms with Crippen LogP contribution in [-0.2, 0) is 16.8 Å². The zero-order valence-corrected chi connectivity index (χ0v) is 14.2. The van der Waals surface area contributed by atoms with Crippen molar-refractivity contribution in [3.05, 3.63) is 71.2 Å². The number of amides is 1. The summed E-state index contributed by atoms with van der Waals surface area (Å²) in [4.78, 5) is 22.5. The normalized spacial score (nSPS) is 14.9. The molecule has 1 N–H and O–H groups in total. The highest BCUT2D eigenvalue weighted by molar-refractivity contribution is 7.13. The van der Waals surface area contributed by atoms with Crippen LogP contribution in [0.15, 0.2) is 54.2 Å². The third-order valence-corrected chi connectivity index (χ3v) is 5.40. The Labute approximate surface area is 148 Å². The average molecular weight is 353 g/mol. The molecule has 1 aromatic carbocycles. The number of thiophene rings is 1. The van der Waals surface area contributed by atoms with Gasteiger partial charge in [-0.1, -0.05) is 18.2 Å². The Kier molecular flexibility index (Phi) is 4.05. The summed E-state index contributed by atoms with van der Waals surface area (Å²) in [5.41, 5.74) is 1.88. The number of aromatic nitrogens is 2. The molecular weight excluding hydrogens is 337 g/mol. The Hall–Kier alpha value is -2.60. The summed E-state index contributed by atoms with van der Waals surface area (Å²) in [6.45, 7) is 0.322. The van der Waals surface area contributed by atoms with Gasteiger partial charge in [0.1, 0.15) is 11.5 Å². The van der Waals surface area contributed by atoms with Crippen molar-refractivity contribution in [3.63, 3.8) is 0 Å². The molecule has 0 radical (unpaired) electrons. The second-order valence-electron chi connectivity index (χ2n) is 6.10. The van der Waals surface area contributed by atoms with Crippen molar-refractivity contribution in [1.82, 2.24) is 15.3 Å². The zero-order valence-electron chi connectivity index (χ0n) is 13.4. The monoisotopic (exact) mass is 353 g/mol. The highest BCUT2D eigenvalue weighted by atomic mass is 32.1. The molecule has 2 heterocycles. The summed E-state index contributed by atoms with van der Waals surface area (Å²) in [5.74, 6) is -0.331.